The Kier molecular flexibility index (Phi) is 6.23. The largest absolute Gasteiger partial charge is 0.395 e. The minimum Gasteiger partial charge on any atom is -0.395 e. The van der Waals surface area contributed by atoms with Gasteiger partial charge in [-0.1, -0.05) is 29.3 Å². The molecule has 2 N–H and O–H groups in total. The second-order valence-corrected chi connectivity index (χ2v) is 4.77. The lowest BCUT2D eigenvalue weighted by molar-refractivity contribution is 0.179. The zero-order chi connectivity index (χ0) is 12.8. The summed E-state index contributed by atoms with van der Waals surface area (Å²) < 4.78 is 0. The van der Waals surface area contributed by atoms with Crippen LogP contribution in [0.4, 0.5) is 0 Å². The van der Waals surface area contributed by atoms with E-state index in [1.807, 2.05) is 26.2 Å². The quantitative estimate of drug-likeness (QED) is 0.836. The molecule has 0 fully saturated rings. The van der Waals surface area contributed by atoms with Gasteiger partial charge in [-0.15, -0.1) is 0 Å². The van der Waals surface area contributed by atoms with Gasteiger partial charge in [0.2, 0.25) is 0 Å². The molecule has 0 saturated heterocycles. The molecule has 0 saturated carbocycles. The lowest BCUT2D eigenvalue weighted by atomic mass is 10.1. The maximum atomic E-state index is 8.99. The predicted molar refractivity (Wildman–Crippen MR) is 72.8 cm³/mol. The van der Waals surface area contributed by atoms with Crippen molar-refractivity contribution >= 4 is 23.2 Å². The molecule has 0 amide bonds. The number of likely N-dealkylation sites (N-methyl/N-ethyl adjacent to an activating group) is 2. The van der Waals surface area contributed by atoms with E-state index in [1.54, 1.807) is 6.07 Å². The first-order valence-corrected chi connectivity index (χ1v) is 6.26. The highest BCUT2D eigenvalue weighted by Crippen LogP contribution is 2.27. The van der Waals surface area contributed by atoms with Gasteiger partial charge in [-0.05, 0) is 31.8 Å². The van der Waals surface area contributed by atoms with Crippen LogP contribution in [0.5, 0.6) is 0 Å². The zero-order valence-corrected chi connectivity index (χ0v) is 11.6. The number of aliphatic hydroxyl groups is 1. The minimum absolute atomic E-state index is 0.137. The molecular formula is C12H18Cl2N2O. The second-order valence-electron chi connectivity index (χ2n) is 3.95. The first-order valence-electron chi connectivity index (χ1n) is 5.50. The Morgan fingerprint density at radius 2 is 2.06 bits per heavy atom. The van der Waals surface area contributed by atoms with E-state index < -0.39 is 0 Å². The molecular weight excluding hydrogens is 259 g/mol. The molecule has 0 aliphatic heterocycles. The zero-order valence-electron chi connectivity index (χ0n) is 10.1. The third-order valence-corrected chi connectivity index (χ3v) is 3.45. The van der Waals surface area contributed by atoms with Gasteiger partial charge in [0.15, 0.2) is 0 Å². The highest BCUT2D eigenvalue weighted by atomic mass is 35.5. The molecule has 1 aromatic carbocycles. The molecule has 1 rings (SSSR count). The van der Waals surface area contributed by atoms with E-state index in [2.05, 4.69) is 10.2 Å². The molecule has 1 unspecified atom stereocenters. The standard InChI is InChI=1S/C12H18Cl2N2O/c1-15-8-12(16(2)5-6-17)9-3-4-10(13)11(14)7-9/h3-4,7,12,15,17H,5-6,8H2,1-2H3. The molecule has 0 heterocycles. The number of benzene rings is 1. The molecule has 0 aliphatic carbocycles. The molecule has 0 aliphatic rings. The fourth-order valence-electron chi connectivity index (χ4n) is 1.75. The van der Waals surface area contributed by atoms with Gasteiger partial charge in [-0.2, -0.15) is 0 Å². The maximum Gasteiger partial charge on any atom is 0.0595 e. The Morgan fingerprint density at radius 3 is 2.59 bits per heavy atom. The number of aliphatic hydroxyl groups excluding tert-OH is 1. The van der Waals surface area contributed by atoms with E-state index in [1.165, 1.54) is 0 Å². The van der Waals surface area contributed by atoms with Gasteiger partial charge in [0.1, 0.15) is 0 Å². The van der Waals surface area contributed by atoms with E-state index in [-0.39, 0.29) is 12.6 Å². The fraction of sp³-hybridized carbons (Fsp3) is 0.500. The number of hydrogen-bond donors (Lipinski definition) is 2. The van der Waals surface area contributed by atoms with Gasteiger partial charge in [0.05, 0.1) is 16.7 Å². The van der Waals surface area contributed by atoms with E-state index in [0.29, 0.717) is 16.6 Å². The Hall–Kier alpha value is -0.320. The van der Waals surface area contributed by atoms with Gasteiger partial charge in [-0.3, -0.25) is 4.90 Å². The number of hydrogen-bond acceptors (Lipinski definition) is 3. The van der Waals surface area contributed by atoms with Crippen LogP contribution in [-0.2, 0) is 0 Å². The van der Waals surface area contributed by atoms with Gasteiger partial charge in [0, 0.05) is 19.1 Å². The summed E-state index contributed by atoms with van der Waals surface area (Å²) in [6, 6.07) is 5.81. The van der Waals surface area contributed by atoms with Gasteiger partial charge < -0.3 is 10.4 Å². The number of nitrogens with zero attached hydrogens (tertiary/aromatic N) is 1. The van der Waals surface area contributed by atoms with E-state index >= 15 is 0 Å². The maximum absolute atomic E-state index is 8.99. The lowest BCUT2D eigenvalue weighted by Crippen LogP contribution is -2.33. The van der Waals surface area contributed by atoms with Crippen molar-refractivity contribution in [3.05, 3.63) is 33.8 Å². The van der Waals surface area contributed by atoms with Crippen molar-refractivity contribution in [2.75, 3.05) is 33.8 Å². The molecule has 0 spiro atoms. The summed E-state index contributed by atoms with van der Waals surface area (Å²) in [4.78, 5) is 2.08. The highest BCUT2D eigenvalue weighted by Gasteiger charge is 2.16. The van der Waals surface area contributed by atoms with Crippen molar-refractivity contribution in [2.24, 2.45) is 0 Å². The number of halogens is 2. The molecule has 0 aromatic heterocycles. The second kappa shape index (κ2) is 7.19. The molecule has 3 nitrogen and oxygen atoms in total. The van der Waals surface area contributed by atoms with Crippen LogP contribution in [0.15, 0.2) is 18.2 Å². The third-order valence-electron chi connectivity index (χ3n) is 2.71. The van der Waals surface area contributed by atoms with Crippen LogP contribution in [-0.4, -0.2) is 43.8 Å². The summed E-state index contributed by atoms with van der Waals surface area (Å²) in [5, 5.41) is 13.2. The Labute approximate surface area is 112 Å². The molecule has 0 radical (unpaired) electrons. The summed E-state index contributed by atoms with van der Waals surface area (Å²) in [6.45, 7) is 1.54. The smallest absolute Gasteiger partial charge is 0.0595 e. The number of nitrogens with one attached hydrogen (secondary N) is 1. The van der Waals surface area contributed by atoms with Crippen molar-refractivity contribution < 1.29 is 5.11 Å². The molecule has 1 aromatic rings. The van der Waals surface area contributed by atoms with Crippen LogP contribution in [0.1, 0.15) is 11.6 Å². The van der Waals surface area contributed by atoms with Crippen LogP contribution >= 0.6 is 23.2 Å². The molecule has 0 bridgehead atoms. The summed E-state index contributed by atoms with van der Waals surface area (Å²) in [7, 11) is 3.87. The normalized spacial score (nSPS) is 13.1. The summed E-state index contributed by atoms with van der Waals surface area (Å²) in [5.41, 5.74) is 1.09. The SMILES string of the molecule is CNCC(c1ccc(Cl)c(Cl)c1)N(C)CCO. The third kappa shape index (κ3) is 4.12. The van der Waals surface area contributed by atoms with Crippen LogP contribution in [0, 0.1) is 0 Å². The number of rotatable bonds is 6. The van der Waals surface area contributed by atoms with Crippen molar-refractivity contribution in [3.63, 3.8) is 0 Å². The predicted octanol–water partition coefficient (Wildman–Crippen LogP) is 2.18. The average molecular weight is 277 g/mol. The van der Waals surface area contributed by atoms with Crippen molar-refractivity contribution in [1.29, 1.82) is 0 Å². The van der Waals surface area contributed by atoms with Gasteiger partial charge >= 0.3 is 0 Å². The van der Waals surface area contributed by atoms with Crippen molar-refractivity contribution in [2.45, 2.75) is 6.04 Å². The lowest BCUT2D eigenvalue weighted by Gasteiger charge is -2.28. The topological polar surface area (TPSA) is 35.5 Å². The Bertz CT molecular complexity index is 360. The minimum atomic E-state index is 0.137. The van der Waals surface area contributed by atoms with Crippen LogP contribution in [0.25, 0.3) is 0 Å². The first-order chi connectivity index (χ1) is 8.10. The Morgan fingerprint density at radius 1 is 1.35 bits per heavy atom. The van der Waals surface area contributed by atoms with Crippen LogP contribution < -0.4 is 5.32 Å². The summed E-state index contributed by atoms with van der Waals surface area (Å²) >= 11 is 11.9. The van der Waals surface area contributed by atoms with Crippen molar-refractivity contribution in [1.82, 2.24) is 10.2 Å². The fourth-order valence-corrected chi connectivity index (χ4v) is 2.06. The molecule has 1 atom stereocenters. The average Bonchev–Trinajstić information content (AvgIpc) is 2.30. The van der Waals surface area contributed by atoms with E-state index in [0.717, 1.165) is 12.1 Å². The van der Waals surface area contributed by atoms with Gasteiger partial charge in [-0.25, -0.2) is 0 Å². The molecule has 96 valence electrons. The van der Waals surface area contributed by atoms with Crippen LogP contribution in [0.2, 0.25) is 10.0 Å². The first kappa shape index (κ1) is 14.7. The molecule has 5 heteroatoms. The van der Waals surface area contributed by atoms with E-state index in [9.17, 15) is 0 Å². The van der Waals surface area contributed by atoms with Gasteiger partial charge in [0.25, 0.3) is 0 Å². The Balaban J connectivity index is 2.92. The summed E-state index contributed by atoms with van der Waals surface area (Å²) in [6.07, 6.45) is 0. The van der Waals surface area contributed by atoms with E-state index in [4.69, 9.17) is 28.3 Å². The molecule has 17 heavy (non-hydrogen) atoms. The monoisotopic (exact) mass is 276 g/mol. The highest BCUT2D eigenvalue weighted by molar-refractivity contribution is 6.42. The van der Waals surface area contributed by atoms with Crippen molar-refractivity contribution in [3.8, 4) is 0 Å². The summed E-state index contributed by atoms with van der Waals surface area (Å²) in [5.74, 6) is 0. The van der Waals surface area contributed by atoms with Crippen LogP contribution in [0.3, 0.4) is 0 Å².